The fraction of sp³-hybridized carbons (Fsp3) is 0.467. The Balaban J connectivity index is 2.70. The van der Waals surface area contributed by atoms with E-state index in [1.54, 1.807) is 0 Å². The second-order valence-electron chi connectivity index (χ2n) is 4.95. The fourth-order valence-electron chi connectivity index (χ4n) is 1.74. The molecule has 5 heteroatoms. The van der Waals surface area contributed by atoms with E-state index in [0.717, 1.165) is 16.8 Å². The molecule has 1 aromatic carbocycles. The van der Waals surface area contributed by atoms with Gasteiger partial charge in [0.15, 0.2) is 6.61 Å². The standard InChI is InChI=1S/C15H21N3O2/c1-10(2)12-8-13(17)11(3)7-14(12)20-9-15(19)18-6-4-5-16/h7-8,10H,4,6,9,17H2,1-3H3,(H,18,19). The molecule has 0 atom stereocenters. The molecule has 0 unspecified atom stereocenters. The molecule has 0 aliphatic heterocycles. The van der Waals surface area contributed by atoms with Crippen LogP contribution in [0.5, 0.6) is 5.75 Å². The van der Waals surface area contributed by atoms with Gasteiger partial charge in [-0.15, -0.1) is 0 Å². The van der Waals surface area contributed by atoms with Gasteiger partial charge in [-0.25, -0.2) is 0 Å². The van der Waals surface area contributed by atoms with Gasteiger partial charge in [0.1, 0.15) is 5.75 Å². The van der Waals surface area contributed by atoms with E-state index < -0.39 is 0 Å². The van der Waals surface area contributed by atoms with Gasteiger partial charge in [0.2, 0.25) is 0 Å². The number of nitrogens with zero attached hydrogens (tertiary/aromatic N) is 1. The van der Waals surface area contributed by atoms with Gasteiger partial charge in [-0.2, -0.15) is 5.26 Å². The highest BCUT2D eigenvalue weighted by Crippen LogP contribution is 2.30. The first-order valence-electron chi connectivity index (χ1n) is 6.62. The molecule has 3 N–H and O–H groups in total. The van der Waals surface area contributed by atoms with E-state index in [-0.39, 0.29) is 18.4 Å². The second-order valence-corrected chi connectivity index (χ2v) is 4.95. The molecule has 1 rings (SSSR count). The molecule has 0 radical (unpaired) electrons. The summed E-state index contributed by atoms with van der Waals surface area (Å²) in [5.74, 6) is 0.709. The third kappa shape index (κ3) is 4.47. The van der Waals surface area contributed by atoms with Crippen LogP contribution in [0.15, 0.2) is 12.1 Å². The minimum absolute atomic E-state index is 0.0610. The first kappa shape index (κ1) is 15.8. The Morgan fingerprint density at radius 1 is 1.50 bits per heavy atom. The highest BCUT2D eigenvalue weighted by molar-refractivity contribution is 5.77. The summed E-state index contributed by atoms with van der Waals surface area (Å²) in [6, 6.07) is 5.71. The lowest BCUT2D eigenvalue weighted by molar-refractivity contribution is -0.123. The topological polar surface area (TPSA) is 88.1 Å². The van der Waals surface area contributed by atoms with Gasteiger partial charge in [-0.05, 0) is 36.1 Å². The summed E-state index contributed by atoms with van der Waals surface area (Å²) in [4.78, 5) is 11.6. The lowest BCUT2D eigenvalue weighted by Gasteiger charge is -2.16. The van der Waals surface area contributed by atoms with E-state index in [9.17, 15) is 4.79 Å². The molecule has 0 aromatic heterocycles. The van der Waals surface area contributed by atoms with Gasteiger partial charge in [-0.3, -0.25) is 4.79 Å². The highest BCUT2D eigenvalue weighted by atomic mass is 16.5. The third-order valence-corrected chi connectivity index (χ3v) is 2.94. The van der Waals surface area contributed by atoms with Crippen molar-refractivity contribution in [2.45, 2.75) is 33.1 Å². The van der Waals surface area contributed by atoms with Crippen LogP contribution in [-0.2, 0) is 4.79 Å². The molecule has 0 spiro atoms. The van der Waals surface area contributed by atoms with Crippen molar-refractivity contribution in [3.8, 4) is 11.8 Å². The number of carbonyl (C=O) groups is 1. The highest BCUT2D eigenvalue weighted by Gasteiger charge is 2.12. The molecule has 0 fully saturated rings. The van der Waals surface area contributed by atoms with E-state index in [4.69, 9.17) is 15.7 Å². The summed E-state index contributed by atoms with van der Waals surface area (Å²) in [5, 5.41) is 11.0. The molecule has 1 amide bonds. The lowest BCUT2D eigenvalue weighted by atomic mass is 9.99. The fourth-order valence-corrected chi connectivity index (χ4v) is 1.74. The molecular formula is C15H21N3O2. The van der Waals surface area contributed by atoms with Crippen LogP contribution in [-0.4, -0.2) is 19.1 Å². The number of hydrogen-bond acceptors (Lipinski definition) is 4. The van der Waals surface area contributed by atoms with Crippen LogP contribution < -0.4 is 15.8 Å². The molecule has 1 aromatic rings. The van der Waals surface area contributed by atoms with Crippen LogP contribution in [0.1, 0.15) is 37.3 Å². The number of benzene rings is 1. The van der Waals surface area contributed by atoms with Crippen molar-refractivity contribution in [1.82, 2.24) is 5.32 Å². The van der Waals surface area contributed by atoms with E-state index in [2.05, 4.69) is 5.32 Å². The van der Waals surface area contributed by atoms with Crippen LogP contribution in [0.3, 0.4) is 0 Å². The Kier molecular flexibility index (Phi) is 5.85. The Hall–Kier alpha value is -2.22. The Morgan fingerprint density at radius 3 is 2.80 bits per heavy atom. The van der Waals surface area contributed by atoms with Gasteiger partial charge >= 0.3 is 0 Å². The number of nitrogens with two attached hydrogens (primary N) is 1. The zero-order chi connectivity index (χ0) is 15.1. The van der Waals surface area contributed by atoms with Crippen molar-refractivity contribution in [2.75, 3.05) is 18.9 Å². The molecule has 0 bridgehead atoms. The zero-order valence-electron chi connectivity index (χ0n) is 12.2. The van der Waals surface area contributed by atoms with E-state index >= 15 is 0 Å². The number of nitrogens with one attached hydrogen (secondary N) is 1. The number of amides is 1. The average molecular weight is 275 g/mol. The number of nitrogen functional groups attached to an aromatic ring is 1. The number of aryl methyl sites for hydroxylation is 1. The summed E-state index contributed by atoms with van der Waals surface area (Å²) < 4.78 is 5.58. The van der Waals surface area contributed by atoms with E-state index in [1.807, 2.05) is 39.0 Å². The smallest absolute Gasteiger partial charge is 0.257 e. The quantitative estimate of drug-likeness (QED) is 0.614. The SMILES string of the molecule is Cc1cc(OCC(=O)NCCC#N)c(C(C)C)cc1N. The number of hydrogen-bond donors (Lipinski definition) is 2. The summed E-state index contributed by atoms with van der Waals surface area (Å²) in [5.41, 5.74) is 8.53. The average Bonchev–Trinajstić information content (AvgIpc) is 2.39. The van der Waals surface area contributed by atoms with Crippen LogP contribution in [0.25, 0.3) is 0 Å². The monoisotopic (exact) mass is 275 g/mol. The zero-order valence-corrected chi connectivity index (χ0v) is 12.2. The van der Waals surface area contributed by atoms with Crippen molar-refractivity contribution in [1.29, 1.82) is 5.26 Å². The minimum Gasteiger partial charge on any atom is -0.483 e. The lowest BCUT2D eigenvalue weighted by Crippen LogP contribution is -2.29. The molecule has 0 aliphatic carbocycles. The molecular weight excluding hydrogens is 254 g/mol. The number of rotatable bonds is 6. The summed E-state index contributed by atoms with van der Waals surface area (Å²) in [6.07, 6.45) is 0.296. The van der Waals surface area contributed by atoms with Crippen LogP contribution >= 0.6 is 0 Å². The van der Waals surface area contributed by atoms with Crippen molar-refractivity contribution in [3.63, 3.8) is 0 Å². The largest absolute Gasteiger partial charge is 0.483 e. The van der Waals surface area contributed by atoms with Gasteiger partial charge < -0.3 is 15.8 Å². The molecule has 0 heterocycles. The van der Waals surface area contributed by atoms with Crippen LogP contribution in [0, 0.1) is 18.3 Å². The molecule has 0 saturated carbocycles. The van der Waals surface area contributed by atoms with Gasteiger partial charge in [0, 0.05) is 12.2 Å². The maximum atomic E-state index is 11.6. The summed E-state index contributed by atoms with van der Waals surface area (Å²) in [7, 11) is 0. The maximum absolute atomic E-state index is 11.6. The second kappa shape index (κ2) is 7.39. The van der Waals surface area contributed by atoms with Crippen molar-refractivity contribution >= 4 is 11.6 Å². The predicted octanol–water partition coefficient (Wildman–Crippen LogP) is 2.11. The number of carbonyl (C=O) groups excluding carboxylic acids is 1. The van der Waals surface area contributed by atoms with Gasteiger partial charge in [0.25, 0.3) is 5.91 Å². The van der Waals surface area contributed by atoms with Crippen molar-refractivity contribution < 1.29 is 9.53 Å². The summed E-state index contributed by atoms with van der Waals surface area (Å²) in [6.45, 7) is 6.28. The van der Waals surface area contributed by atoms with Gasteiger partial charge in [-0.1, -0.05) is 13.8 Å². The number of nitriles is 1. The third-order valence-electron chi connectivity index (χ3n) is 2.94. The molecule has 5 nitrogen and oxygen atoms in total. The first-order valence-corrected chi connectivity index (χ1v) is 6.62. The Labute approximate surface area is 119 Å². The molecule has 108 valence electrons. The van der Waals surface area contributed by atoms with E-state index in [0.29, 0.717) is 18.7 Å². The first-order chi connectivity index (χ1) is 9.45. The van der Waals surface area contributed by atoms with Crippen molar-refractivity contribution in [3.05, 3.63) is 23.3 Å². The normalized spacial score (nSPS) is 10.2. The predicted molar refractivity (Wildman–Crippen MR) is 78.4 cm³/mol. The molecule has 20 heavy (non-hydrogen) atoms. The summed E-state index contributed by atoms with van der Waals surface area (Å²) >= 11 is 0. The molecule has 0 aliphatic rings. The van der Waals surface area contributed by atoms with Crippen molar-refractivity contribution in [2.24, 2.45) is 0 Å². The maximum Gasteiger partial charge on any atom is 0.257 e. The van der Waals surface area contributed by atoms with Gasteiger partial charge in [0.05, 0.1) is 12.5 Å². The minimum atomic E-state index is -0.232. The van der Waals surface area contributed by atoms with E-state index in [1.165, 1.54) is 0 Å². The number of ether oxygens (including phenoxy) is 1. The van der Waals surface area contributed by atoms with Crippen LogP contribution in [0.4, 0.5) is 5.69 Å². The van der Waals surface area contributed by atoms with Crippen LogP contribution in [0.2, 0.25) is 0 Å². The number of anilines is 1. The Bertz CT molecular complexity index is 519. The molecule has 0 saturated heterocycles. The Morgan fingerprint density at radius 2 is 2.20 bits per heavy atom.